The molecule has 2 atom stereocenters. The molecule has 7 heteroatoms. The van der Waals surface area contributed by atoms with E-state index in [9.17, 15) is 9.59 Å². The van der Waals surface area contributed by atoms with Gasteiger partial charge in [-0.15, -0.1) is 11.8 Å². The maximum absolute atomic E-state index is 11.8. The van der Waals surface area contributed by atoms with Crippen molar-refractivity contribution in [2.24, 2.45) is 0 Å². The van der Waals surface area contributed by atoms with Crippen LogP contribution in [0.3, 0.4) is 0 Å². The van der Waals surface area contributed by atoms with Crippen LogP contribution in [-0.4, -0.2) is 57.7 Å². The molecule has 1 saturated heterocycles. The monoisotopic (exact) mass is 264 g/mol. The van der Waals surface area contributed by atoms with Crippen LogP contribution >= 0.6 is 23.5 Å². The fourth-order valence-corrected chi connectivity index (χ4v) is 3.16. The van der Waals surface area contributed by atoms with Crippen LogP contribution in [0.5, 0.6) is 0 Å². The van der Waals surface area contributed by atoms with Crippen molar-refractivity contribution >= 4 is 35.5 Å². The van der Waals surface area contributed by atoms with Crippen LogP contribution in [0.1, 0.15) is 6.92 Å². The fourth-order valence-electron chi connectivity index (χ4n) is 1.43. The molecule has 1 unspecified atom stereocenters. The van der Waals surface area contributed by atoms with E-state index in [-0.39, 0.29) is 12.1 Å². The summed E-state index contributed by atoms with van der Waals surface area (Å²) >= 11 is 3.11. The number of hydrogen-bond donors (Lipinski definition) is 2. The number of aliphatic carboxylic acids is 1. The van der Waals surface area contributed by atoms with Crippen LogP contribution in [0.15, 0.2) is 0 Å². The number of carboxylic acids is 1. The van der Waals surface area contributed by atoms with Crippen molar-refractivity contribution in [3.8, 4) is 0 Å². The first-order chi connectivity index (χ1) is 7.56. The van der Waals surface area contributed by atoms with Gasteiger partial charge in [-0.25, -0.2) is 9.59 Å². The zero-order chi connectivity index (χ0) is 12.1. The number of nitrogens with one attached hydrogen (secondary N) is 1. The van der Waals surface area contributed by atoms with Crippen LogP contribution < -0.4 is 5.32 Å². The number of rotatable bonds is 4. The lowest BCUT2D eigenvalue weighted by Crippen LogP contribution is -2.49. The smallest absolute Gasteiger partial charge is 0.327 e. The number of amides is 2. The molecular formula is C9H16N2O3S2. The zero-order valence-corrected chi connectivity index (χ0v) is 10.9. The van der Waals surface area contributed by atoms with Crippen molar-refractivity contribution in [2.75, 3.05) is 23.6 Å². The highest BCUT2D eigenvalue weighted by atomic mass is 32.2. The minimum absolute atomic E-state index is 0.0579. The van der Waals surface area contributed by atoms with Gasteiger partial charge in [-0.1, -0.05) is 0 Å². The molecule has 92 valence electrons. The van der Waals surface area contributed by atoms with E-state index in [1.807, 2.05) is 13.2 Å². The number of hydrogen-bond acceptors (Lipinski definition) is 4. The third-order valence-electron chi connectivity index (χ3n) is 2.21. The Morgan fingerprint density at radius 3 is 2.94 bits per heavy atom. The van der Waals surface area contributed by atoms with Gasteiger partial charge in [0, 0.05) is 17.5 Å². The van der Waals surface area contributed by atoms with Crippen molar-refractivity contribution in [1.82, 2.24) is 10.2 Å². The lowest BCUT2D eigenvalue weighted by molar-refractivity contribution is -0.140. The highest BCUT2D eigenvalue weighted by Gasteiger charge is 2.34. The van der Waals surface area contributed by atoms with Gasteiger partial charge in [0.15, 0.2) is 0 Å². The highest BCUT2D eigenvalue weighted by molar-refractivity contribution is 7.99. The van der Waals surface area contributed by atoms with Crippen molar-refractivity contribution in [3.63, 3.8) is 0 Å². The Labute approximate surface area is 103 Å². The molecule has 2 N–H and O–H groups in total. The summed E-state index contributed by atoms with van der Waals surface area (Å²) in [5.41, 5.74) is 0. The Balaban J connectivity index is 2.49. The van der Waals surface area contributed by atoms with Gasteiger partial charge in [-0.3, -0.25) is 0 Å². The SMILES string of the molecule is CSCC(C)NC(=O)N1CSC[C@H]1C(=O)O. The summed E-state index contributed by atoms with van der Waals surface area (Å²) in [7, 11) is 0. The van der Waals surface area contributed by atoms with E-state index in [0.717, 1.165) is 5.75 Å². The summed E-state index contributed by atoms with van der Waals surface area (Å²) in [6, 6.07) is -0.909. The molecule has 0 bridgehead atoms. The molecule has 0 radical (unpaired) electrons. The molecule has 0 saturated carbocycles. The summed E-state index contributed by atoms with van der Waals surface area (Å²) < 4.78 is 0. The van der Waals surface area contributed by atoms with Crippen LogP contribution in [-0.2, 0) is 4.79 Å². The molecule has 0 spiro atoms. The van der Waals surface area contributed by atoms with Crippen LogP contribution in [0, 0.1) is 0 Å². The van der Waals surface area contributed by atoms with E-state index < -0.39 is 12.0 Å². The zero-order valence-electron chi connectivity index (χ0n) is 9.30. The number of nitrogens with zero attached hydrogens (tertiary/aromatic N) is 1. The van der Waals surface area contributed by atoms with Gasteiger partial charge in [0.25, 0.3) is 0 Å². The Morgan fingerprint density at radius 1 is 1.69 bits per heavy atom. The quantitative estimate of drug-likeness (QED) is 0.790. The van der Waals surface area contributed by atoms with E-state index in [2.05, 4.69) is 5.32 Å². The van der Waals surface area contributed by atoms with Crippen molar-refractivity contribution in [3.05, 3.63) is 0 Å². The normalized spacial score (nSPS) is 21.9. The summed E-state index contributed by atoms with van der Waals surface area (Å²) in [4.78, 5) is 24.0. The van der Waals surface area contributed by atoms with E-state index in [0.29, 0.717) is 11.6 Å². The molecule has 1 aliphatic rings. The largest absolute Gasteiger partial charge is 0.480 e. The van der Waals surface area contributed by atoms with E-state index in [1.54, 1.807) is 11.8 Å². The first-order valence-electron chi connectivity index (χ1n) is 4.93. The Kier molecular flexibility index (Phi) is 5.27. The lowest BCUT2D eigenvalue weighted by Gasteiger charge is -2.23. The number of carbonyl (C=O) groups is 2. The Bertz CT molecular complexity index is 275. The van der Waals surface area contributed by atoms with Gasteiger partial charge in [0.1, 0.15) is 6.04 Å². The summed E-state index contributed by atoms with van der Waals surface area (Å²) in [6.07, 6.45) is 1.97. The molecule has 0 aromatic carbocycles. The van der Waals surface area contributed by atoms with Crippen LogP contribution in [0.25, 0.3) is 0 Å². The molecule has 0 aliphatic carbocycles. The molecule has 2 amide bonds. The molecule has 1 rings (SSSR count). The molecule has 16 heavy (non-hydrogen) atoms. The fraction of sp³-hybridized carbons (Fsp3) is 0.778. The van der Waals surface area contributed by atoms with Gasteiger partial charge >= 0.3 is 12.0 Å². The summed E-state index contributed by atoms with van der Waals surface area (Å²) in [5.74, 6) is 0.816. The molecule has 0 aromatic heterocycles. The van der Waals surface area contributed by atoms with Crippen LogP contribution in [0.2, 0.25) is 0 Å². The summed E-state index contributed by atoms with van der Waals surface area (Å²) in [6.45, 7) is 1.91. The Hall–Kier alpha value is -0.560. The van der Waals surface area contributed by atoms with Crippen molar-refractivity contribution in [1.29, 1.82) is 0 Å². The van der Waals surface area contributed by atoms with E-state index >= 15 is 0 Å². The third-order valence-corrected chi connectivity index (χ3v) is 4.06. The molecule has 1 heterocycles. The standard InChI is InChI=1S/C9H16N2O3S2/c1-6(3-15-2)10-9(14)11-5-16-4-7(11)8(12)13/h6-7H,3-5H2,1-2H3,(H,10,14)(H,12,13)/t6?,7-/m0/s1. The second-order valence-electron chi connectivity index (χ2n) is 3.63. The minimum atomic E-state index is -0.933. The maximum atomic E-state index is 11.8. The molecule has 0 aromatic rings. The first-order valence-corrected chi connectivity index (χ1v) is 7.47. The van der Waals surface area contributed by atoms with Gasteiger partial charge in [0.05, 0.1) is 5.88 Å². The predicted octanol–water partition coefficient (Wildman–Crippen LogP) is 0.907. The topological polar surface area (TPSA) is 69.6 Å². The molecule has 1 fully saturated rings. The Morgan fingerprint density at radius 2 is 2.38 bits per heavy atom. The van der Waals surface area contributed by atoms with Crippen molar-refractivity contribution < 1.29 is 14.7 Å². The third kappa shape index (κ3) is 3.48. The first kappa shape index (κ1) is 13.5. The summed E-state index contributed by atoms with van der Waals surface area (Å²) in [5, 5.41) is 11.7. The molecule has 5 nitrogen and oxygen atoms in total. The van der Waals surface area contributed by atoms with E-state index in [4.69, 9.17) is 5.11 Å². The number of urea groups is 1. The van der Waals surface area contributed by atoms with Gasteiger partial charge in [0.2, 0.25) is 0 Å². The second kappa shape index (κ2) is 6.24. The van der Waals surface area contributed by atoms with Crippen molar-refractivity contribution in [2.45, 2.75) is 19.0 Å². The number of carbonyl (C=O) groups excluding carboxylic acids is 1. The lowest BCUT2D eigenvalue weighted by atomic mass is 10.3. The maximum Gasteiger partial charge on any atom is 0.327 e. The van der Waals surface area contributed by atoms with Gasteiger partial charge in [-0.2, -0.15) is 11.8 Å². The number of carboxylic acid groups (broad SMARTS) is 1. The van der Waals surface area contributed by atoms with Crippen LogP contribution in [0.4, 0.5) is 4.79 Å². The minimum Gasteiger partial charge on any atom is -0.480 e. The highest BCUT2D eigenvalue weighted by Crippen LogP contribution is 2.21. The van der Waals surface area contributed by atoms with Gasteiger partial charge < -0.3 is 15.3 Å². The average molecular weight is 264 g/mol. The van der Waals surface area contributed by atoms with E-state index in [1.165, 1.54) is 16.7 Å². The predicted molar refractivity (Wildman–Crippen MR) is 67.0 cm³/mol. The second-order valence-corrected chi connectivity index (χ2v) is 5.54. The molecular weight excluding hydrogens is 248 g/mol. The number of thioether (sulfide) groups is 2. The molecule has 1 aliphatic heterocycles. The van der Waals surface area contributed by atoms with Gasteiger partial charge in [-0.05, 0) is 13.2 Å². The average Bonchev–Trinajstić information content (AvgIpc) is 2.65.